The summed E-state index contributed by atoms with van der Waals surface area (Å²) in [7, 11) is 1.63. The van der Waals surface area contributed by atoms with Crippen LogP contribution in [0, 0.1) is 6.92 Å². The highest BCUT2D eigenvalue weighted by Gasteiger charge is 2.45. The number of hydrogen-bond donors (Lipinski definition) is 2. The monoisotopic (exact) mass is 418 g/mol. The number of rotatable bonds is 5. The summed E-state index contributed by atoms with van der Waals surface area (Å²) < 4.78 is 1.88. The quantitative estimate of drug-likeness (QED) is 0.667. The number of para-hydroxylation sites is 1. The van der Waals surface area contributed by atoms with Crippen LogP contribution in [0.3, 0.4) is 0 Å². The van der Waals surface area contributed by atoms with Crippen LogP contribution in [-0.4, -0.2) is 46.3 Å². The second kappa shape index (κ2) is 7.91. The molecular weight excluding hydrogens is 392 g/mol. The van der Waals surface area contributed by atoms with Crippen molar-refractivity contribution in [1.29, 1.82) is 0 Å². The Balaban J connectivity index is 1.44. The Labute approximate surface area is 181 Å². The molecule has 31 heavy (non-hydrogen) atoms. The van der Waals surface area contributed by atoms with Gasteiger partial charge in [-0.05, 0) is 37.1 Å². The molecule has 1 aliphatic heterocycles. The van der Waals surface area contributed by atoms with Crippen molar-refractivity contribution in [3.05, 3.63) is 71.4 Å². The number of amides is 3. The molecule has 3 aromatic rings. The fourth-order valence-electron chi connectivity index (χ4n) is 4.01. The smallest absolute Gasteiger partial charge is 0.271 e. The van der Waals surface area contributed by atoms with Gasteiger partial charge in [0.2, 0.25) is 11.8 Å². The molecule has 3 amide bonds. The van der Waals surface area contributed by atoms with Crippen LogP contribution in [0.5, 0.6) is 0 Å². The van der Waals surface area contributed by atoms with E-state index >= 15 is 0 Å². The molecule has 4 rings (SSSR count). The van der Waals surface area contributed by atoms with E-state index in [1.165, 1.54) is 4.90 Å². The minimum Gasteiger partial charge on any atom is -0.350 e. The SMILES string of the molecule is Cc1ccccc1CNC(=O)CNC(=O)[C@]1(C)Cn2c(cc3ccccc32)C(=O)N1C. The first-order valence-corrected chi connectivity index (χ1v) is 10.3. The lowest BCUT2D eigenvalue weighted by Gasteiger charge is -2.41. The van der Waals surface area contributed by atoms with Crippen LogP contribution in [0.4, 0.5) is 0 Å². The van der Waals surface area contributed by atoms with Crippen molar-refractivity contribution in [2.24, 2.45) is 0 Å². The topological polar surface area (TPSA) is 83.4 Å². The zero-order chi connectivity index (χ0) is 22.2. The molecule has 1 atom stereocenters. The van der Waals surface area contributed by atoms with Crippen molar-refractivity contribution in [2.75, 3.05) is 13.6 Å². The lowest BCUT2D eigenvalue weighted by Crippen LogP contribution is -2.63. The van der Waals surface area contributed by atoms with Gasteiger partial charge in [-0.3, -0.25) is 14.4 Å². The zero-order valence-corrected chi connectivity index (χ0v) is 17.9. The summed E-state index contributed by atoms with van der Waals surface area (Å²) in [5.74, 6) is -0.862. The van der Waals surface area contributed by atoms with E-state index in [0.29, 0.717) is 18.8 Å². The Kier molecular flexibility index (Phi) is 5.27. The second-order valence-electron chi connectivity index (χ2n) is 8.20. The van der Waals surface area contributed by atoms with E-state index < -0.39 is 5.54 Å². The number of carbonyl (C=O) groups is 3. The van der Waals surface area contributed by atoms with Gasteiger partial charge in [-0.25, -0.2) is 0 Å². The van der Waals surface area contributed by atoms with Gasteiger partial charge in [0.25, 0.3) is 5.91 Å². The molecule has 0 saturated carbocycles. The van der Waals surface area contributed by atoms with Crippen molar-refractivity contribution in [3.8, 4) is 0 Å². The molecule has 0 bridgehead atoms. The Bertz CT molecular complexity index is 1180. The molecule has 1 aromatic heterocycles. The van der Waals surface area contributed by atoms with Crippen LogP contribution in [0.2, 0.25) is 0 Å². The molecule has 0 fully saturated rings. The molecule has 0 unspecified atom stereocenters. The van der Waals surface area contributed by atoms with Crippen LogP contribution in [0.25, 0.3) is 10.9 Å². The van der Waals surface area contributed by atoms with Gasteiger partial charge in [-0.1, -0.05) is 42.5 Å². The van der Waals surface area contributed by atoms with Gasteiger partial charge in [0.15, 0.2) is 0 Å². The summed E-state index contributed by atoms with van der Waals surface area (Å²) in [5, 5.41) is 6.49. The third kappa shape index (κ3) is 3.67. The van der Waals surface area contributed by atoms with Gasteiger partial charge in [-0.2, -0.15) is 0 Å². The van der Waals surface area contributed by atoms with Gasteiger partial charge >= 0.3 is 0 Å². The number of fused-ring (bicyclic) bond motifs is 3. The molecular formula is C24H26N4O3. The molecule has 7 heteroatoms. The van der Waals surface area contributed by atoms with E-state index in [1.54, 1.807) is 14.0 Å². The lowest BCUT2D eigenvalue weighted by molar-refractivity contribution is -0.134. The molecule has 0 radical (unpaired) electrons. The van der Waals surface area contributed by atoms with Crippen LogP contribution in [0.1, 0.15) is 28.5 Å². The van der Waals surface area contributed by atoms with Crippen LogP contribution < -0.4 is 10.6 Å². The molecule has 0 saturated heterocycles. The molecule has 2 N–H and O–H groups in total. The number of carbonyl (C=O) groups excluding carboxylic acids is 3. The summed E-state index contributed by atoms with van der Waals surface area (Å²) in [6, 6.07) is 17.4. The lowest BCUT2D eigenvalue weighted by atomic mass is 9.95. The molecule has 2 aromatic carbocycles. The highest BCUT2D eigenvalue weighted by Crippen LogP contribution is 2.31. The second-order valence-corrected chi connectivity index (χ2v) is 8.20. The first kappa shape index (κ1) is 20.7. The Morgan fingerprint density at radius 2 is 1.77 bits per heavy atom. The van der Waals surface area contributed by atoms with Crippen molar-refractivity contribution >= 4 is 28.6 Å². The molecule has 1 aliphatic rings. The summed E-state index contributed by atoms with van der Waals surface area (Å²) in [6.07, 6.45) is 0. The largest absolute Gasteiger partial charge is 0.350 e. The highest BCUT2D eigenvalue weighted by molar-refractivity contribution is 6.03. The summed E-state index contributed by atoms with van der Waals surface area (Å²) in [4.78, 5) is 39.8. The van der Waals surface area contributed by atoms with E-state index in [2.05, 4.69) is 10.6 Å². The fraction of sp³-hybridized carbons (Fsp3) is 0.292. The minimum absolute atomic E-state index is 0.151. The Hall–Kier alpha value is -3.61. The predicted molar refractivity (Wildman–Crippen MR) is 118 cm³/mol. The van der Waals surface area contributed by atoms with Gasteiger partial charge in [-0.15, -0.1) is 0 Å². The molecule has 2 heterocycles. The Morgan fingerprint density at radius 1 is 1.06 bits per heavy atom. The zero-order valence-electron chi connectivity index (χ0n) is 17.9. The predicted octanol–water partition coefficient (Wildman–Crippen LogP) is 2.23. The average molecular weight is 418 g/mol. The van der Waals surface area contributed by atoms with E-state index in [0.717, 1.165) is 22.0 Å². The third-order valence-corrected chi connectivity index (χ3v) is 6.18. The maximum absolute atomic E-state index is 13.1. The summed E-state index contributed by atoms with van der Waals surface area (Å²) in [6.45, 7) is 4.27. The number of hydrogen-bond acceptors (Lipinski definition) is 3. The highest BCUT2D eigenvalue weighted by atomic mass is 16.2. The summed E-state index contributed by atoms with van der Waals surface area (Å²) in [5.41, 5.74) is 2.48. The number of nitrogens with zero attached hydrogens (tertiary/aromatic N) is 2. The van der Waals surface area contributed by atoms with Crippen molar-refractivity contribution in [1.82, 2.24) is 20.1 Å². The van der Waals surface area contributed by atoms with Crippen LogP contribution in [0.15, 0.2) is 54.6 Å². The number of nitrogens with one attached hydrogen (secondary N) is 2. The van der Waals surface area contributed by atoms with Crippen molar-refractivity contribution in [2.45, 2.75) is 32.5 Å². The van der Waals surface area contributed by atoms with Gasteiger partial charge in [0.1, 0.15) is 11.2 Å². The average Bonchev–Trinajstić information content (AvgIpc) is 3.13. The number of benzene rings is 2. The molecule has 0 aliphatic carbocycles. The van der Waals surface area contributed by atoms with E-state index in [-0.39, 0.29) is 24.3 Å². The first-order chi connectivity index (χ1) is 14.8. The van der Waals surface area contributed by atoms with Crippen LogP contribution >= 0.6 is 0 Å². The van der Waals surface area contributed by atoms with Gasteiger partial charge < -0.3 is 20.1 Å². The molecule has 0 spiro atoms. The first-order valence-electron chi connectivity index (χ1n) is 10.3. The maximum Gasteiger partial charge on any atom is 0.271 e. The standard InChI is InChI=1S/C24H26N4O3/c1-16-8-4-5-10-18(16)13-25-21(29)14-26-23(31)24(2)15-28-19-11-7-6-9-17(19)12-20(28)22(30)27(24)3/h4-12H,13-15H2,1-3H3,(H,25,29)(H,26,31)/t24-/m0/s1. The van der Waals surface area contributed by atoms with Crippen molar-refractivity contribution < 1.29 is 14.4 Å². The van der Waals surface area contributed by atoms with E-state index in [1.807, 2.05) is 66.1 Å². The van der Waals surface area contributed by atoms with Crippen LogP contribution in [-0.2, 0) is 22.7 Å². The number of likely N-dealkylation sites (N-methyl/N-ethyl adjacent to an activating group) is 1. The van der Waals surface area contributed by atoms with Gasteiger partial charge in [0.05, 0.1) is 13.1 Å². The molecule has 7 nitrogen and oxygen atoms in total. The summed E-state index contributed by atoms with van der Waals surface area (Å²) >= 11 is 0. The third-order valence-electron chi connectivity index (χ3n) is 6.18. The Morgan fingerprint density at radius 3 is 2.55 bits per heavy atom. The number of aryl methyl sites for hydroxylation is 1. The van der Waals surface area contributed by atoms with Gasteiger partial charge in [0, 0.05) is 24.5 Å². The molecule has 160 valence electrons. The normalized spacial score (nSPS) is 18.0. The maximum atomic E-state index is 13.1. The van der Waals surface area contributed by atoms with E-state index in [9.17, 15) is 14.4 Å². The minimum atomic E-state index is -1.11. The number of aromatic nitrogens is 1. The van der Waals surface area contributed by atoms with E-state index in [4.69, 9.17) is 0 Å². The van der Waals surface area contributed by atoms with Crippen molar-refractivity contribution in [3.63, 3.8) is 0 Å². The fourth-order valence-corrected chi connectivity index (χ4v) is 4.01.